The second kappa shape index (κ2) is 12.0. The molecule has 208 valence electrons. The highest BCUT2D eigenvalue weighted by Gasteiger charge is 2.23. The number of urea groups is 1. The number of nitrogens with two attached hydrogens (primary N) is 1. The SMILES string of the molecule is COC(Cn1nnc2c(N3CCOCC3)nc(-c3ccc(NC(=O)Nc4ccc(C(N)=O)cc4)cc3)nc21)OC. The van der Waals surface area contributed by atoms with E-state index < -0.39 is 18.2 Å². The number of hydrogen-bond acceptors (Lipinski definition) is 10. The van der Waals surface area contributed by atoms with E-state index in [1.54, 1.807) is 55.3 Å². The number of anilines is 3. The molecule has 1 fully saturated rings. The summed E-state index contributed by atoms with van der Waals surface area (Å²) in [5.74, 6) is 0.616. The third kappa shape index (κ3) is 5.98. The Kier molecular flexibility index (Phi) is 8.10. The van der Waals surface area contributed by atoms with Crippen molar-refractivity contribution in [3.05, 3.63) is 54.1 Å². The van der Waals surface area contributed by atoms with Gasteiger partial charge in [0.1, 0.15) is 0 Å². The molecule has 0 saturated carbocycles. The summed E-state index contributed by atoms with van der Waals surface area (Å²) in [6, 6.07) is 13.0. The number of amides is 3. The van der Waals surface area contributed by atoms with Crippen molar-refractivity contribution in [3.8, 4) is 11.4 Å². The first kappa shape index (κ1) is 26.9. The molecular weight excluding hydrogens is 518 g/mol. The van der Waals surface area contributed by atoms with Crippen LogP contribution in [0.5, 0.6) is 0 Å². The molecule has 40 heavy (non-hydrogen) atoms. The molecule has 2 aromatic heterocycles. The Morgan fingerprint density at radius 3 is 2.20 bits per heavy atom. The van der Waals surface area contributed by atoms with Crippen LogP contribution in [0.25, 0.3) is 22.6 Å². The van der Waals surface area contributed by atoms with Gasteiger partial charge in [0.15, 0.2) is 29.1 Å². The molecule has 1 saturated heterocycles. The maximum absolute atomic E-state index is 12.5. The Morgan fingerprint density at radius 2 is 1.60 bits per heavy atom. The van der Waals surface area contributed by atoms with Crippen LogP contribution in [0.4, 0.5) is 22.0 Å². The van der Waals surface area contributed by atoms with Crippen LogP contribution < -0.4 is 21.3 Å². The number of primary amides is 1. The normalized spacial score (nSPS) is 13.5. The number of fused-ring (bicyclic) bond motifs is 1. The van der Waals surface area contributed by atoms with Gasteiger partial charge in [-0.2, -0.15) is 0 Å². The lowest BCUT2D eigenvalue weighted by atomic mass is 10.2. The Balaban J connectivity index is 1.38. The van der Waals surface area contributed by atoms with Gasteiger partial charge < -0.3 is 35.5 Å². The van der Waals surface area contributed by atoms with Gasteiger partial charge >= 0.3 is 6.03 Å². The fourth-order valence-electron chi connectivity index (χ4n) is 4.19. The number of benzene rings is 2. The molecule has 0 spiro atoms. The molecule has 14 nitrogen and oxygen atoms in total. The minimum atomic E-state index is -0.536. The maximum atomic E-state index is 12.5. The summed E-state index contributed by atoms with van der Waals surface area (Å²) in [5, 5.41) is 14.1. The number of aromatic nitrogens is 5. The van der Waals surface area contributed by atoms with Gasteiger partial charge in [-0.15, -0.1) is 5.10 Å². The largest absolute Gasteiger partial charge is 0.378 e. The summed E-state index contributed by atoms with van der Waals surface area (Å²) in [5.41, 5.74) is 8.57. The molecule has 0 aliphatic carbocycles. The number of ether oxygens (including phenoxy) is 3. The summed E-state index contributed by atoms with van der Waals surface area (Å²) < 4.78 is 17.8. The zero-order valence-electron chi connectivity index (χ0n) is 22.0. The van der Waals surface area contributed by atoms with Crippen molar-refractivity contribution >= 4 is 40.3 Å². The molecule has 4 N–H and O–H groups in total. The highest BCUT2D eigenvalue weighted by atomic mass is 16.7. The van der Waals surface area contributed by atoms with Gasteiger partial charge in [0.25, 0.3) is 0 Å². The van der Waals surface area contributed by atoms with Crippen LogP contribution in [-0.2, 0) is 20.8 Å². The standard InChI is InChI=1S/C26H29N9O5/c1-38-20(39-2)15-35-25-21(32-33-35)24(34-11-13-40-14-12-34)30-23(31-25)17-5-9-19(10-6-17)29-26(37)28-18-7-3-16(4-8-18)22(27)36/h3-10,20H,11-15H2,1-2H3,(H2,27,36)(H2,28,29,37). The average molecular weight is 548 g/mol. The fourth-order valence-corrected chi connectivity index (χ4v) is 4.19. The number of carbonyl (C=O) groups is 2. The summed E-state index contributed by atoms with van der Waals surface area (Å²) in [4.78, 5) is 35.4. The second-order valence-corrected chi connectivity index (χ2v) is 8.91. The average Bonchev–Trinajstić information content (AvgIpc) is 3.39. The van der Waals surface area contributed by atoms with E-state index in [4.69, 9.17) is 29.9 Å². The monoisotopic (exact) mass is 547 g/mol. The first-order valence-electron chi connectivity index (χ1n) is 12.5. The third-order valence-electron chi connectivity index (χ3n) is 6.33. The minimum absolute atomic E-state index is 0.297. The van der Waals surface area contributed by atoms with E-state index in [1.165, 1.54) is 0 Å². The predicted octanol–water partition coefficient (Wildman–Crippen LogP) is 2.09. The first-order valence-corrected chi connectivity index (χ1v) is 12.5. The lowest BCUT2D eigenvalue weighted by Crippen LogP contribution is -2.37. The number of methoxy groups -OCH3 is 2. The maximum Gasteiger partial charge on any atom is 0.323 e. The van der Waals surface area contributed by atoms with E-state index in [-0.39, 0.29) is 0 Å². The van der Waals surface area contributed by atoms with Crippen molar-refractivity contribution in [2.75, 3.05) is 56.1 Å². The van der Waals surface area contributed by atoms with Crippen LogP contribution in [-0.4, -0.2) is 83.7 Å². The van der Waals surface area contributed by atoms with Gasteiger partial charge in [-0.1, -0.05) is 5.21 Å². The second-order valence-electron chi connectivity index (χ2n) is 8.91. The van der Waals surface area contributed by atoms with Crippen LogP contribution in [0.2, 0.25) is 0 Å². The molecular formula is C26H29N9O5. The Labute approximate surface area is 229 Å². The minimum Gasteiger partial charge on any atom is -0.378 e. The van der Waals surface area contributed by atoms with E-state index in [9.17, 15) is 9.59 Å². The summed E-state index contributed by atoms with van der Waals surface area (Å²) in [6.07, 6.45) is -0.521. The summed E-state index contributed by atoms with van der Waals surface area (Å²) in [7, 11) is 3.12. The molecule has 0 bridgehead atoms. The van der Waals surface area contributed by atoms with E-state index >= 15 is 0 Å². The number of carbonyl (C=O) groups excluding carboxylic acids is 2. The zero-order valence-corrected chi connectivity index (χ0v) is 22.0. The van der Waals surface area contributed by atoms with E-state index in [2.05, 4.69) is 25.8 Å². The highest BCUT2D eigenvalue weighted by molar-refractivity contribution is 6.00. The van der Waals surface area contributed by atoms with Crippen LogP contribution in [0, 0.1) is 0 Å². The number of morpholine rings is 1. The molecule has 3 amide bonds. The Morgan fingerprint density at radius 1 is 0.975 bits per heavy atom. The molecule has 5 rings (SSSR count). The zero-order chi connectivity index (χ0) is 28.1. The van der Waals surface area contributed by atoms with Crippen LogP contribution in [0.3, 0.4) is 0 Å². The van der Waals surface area contributed by atoms with Gasteiger partial charge in [-0.3, -0.25) is 4.79 Å². The van der Waals surface area contributed by atoms with Crippen molar-refractivity contribution in [1.29, 1.82) is 0 Å². The lowest BCUT2D eigenvalue weighted by Gasteiger charge is -2.28. The molecule has 4 aromatic rings. The summed E-state index contributed by atoms with van der Waals surface area (Å²) >= 11 is 0. The van der Waals surface area contributed by atoms with Gasteiger partial charge in [-0.05, 0) is 48.5 Å². The Bertz CT molecular complexity index is 1480. The van der Waals surface area contributed by atoms with Crippen LogP contribution >= 0.6 is 0 Å². The van der Waals surface area contributed by atoms with Crippen LogP contribution in [0.15, 0.2) is 48.5 Å². The molecule has 1 aliphatic rings. The smallest absolute Gasteiger partial charge is 0.323 e. The topological polar surface area (TPSA) is 172 Å². The number of nitrogens with one attached hydrogen (secondary N) is 2. The molecule has 0 atom stereocenters. The summed E-state index contributed by atoms with van der Waals surface area (Å²) in [6.45, 7) is 2.80. The molecule has 14 heteroatoms. The number of hydrogen-bond donors (Lipinski definition) is 3. The van der Waals surface area contributed by atoms with Gasteiger partial charge in [0, 0.05) is 49.8 Å². The predicted molar refractivity (Wildman–Crippen MR) is 147 cm³/mol. The quantitative estimate of drug-likeness (QED) is 0.263. The van der Waals surface area contributed by atoms with Crippen molar-refractivity contribution < 1.29 is 23.8 Å². The molecule has 0 radical (unpaired) electrons. The van der Waals surface area contributed by atoms with Crippen LogP contribution in [0.1, 0.15) is 10.4 Å². The van der Waals surface area contributed by atoms with Crippen molar-refractivity contribution in [2.45, 2.75) is 12.8 Å². The van der Waals surface area contributed by atoms with Gasteiger partial charge in [0.2, 0.25) is 5.91 Å². The molecule has 0 unspecified atom stereocenters. The molecule has 2 aromatic carbocycles. The first-order chi connectivity index (χ1) is 19.4. The number of nitrogens with zero attached hydrogens (tertiary/aromatic N) is 6. The van der Waals surface area contributed by atoms with Crippen molar-refractivity contribution in [1.82, 2.24) is 25.0 Å². The Hall–Kier alpha value is -4.66. The molecule has 3 heterocycles. The fraction of sp³-hybridized carbons (Fsp3) is 0.308. The van der Waals surface area contributed by atoms with Crippen molar-refractivity contribution in [3.63, 3.8) is 0 Å². The molecule has 1 aliphatic heterocycles. The number of rotatable bonds is 9. The van der Waals surface area contributed by atoms with Gasteiger partial charge in [-0.25, -0.2) is 19.4 Å². The van der Waals surface area contributed by atoms with Crippen molar-refractivity contribution in [2.24, 2.45) is 5.73 Å². The van der Waals surface area contributed by atoms with E-state index in [0.29, 0.717) is 72.6 Å². The van der Waals surface area contributed by atoms with Gasteiger partial charge in [0.05, 0.1) is 19.8 Å². The highest BCUT2D eigenvalue weighted by Crippen LogP contribution is 2.28. The third-order valence-corrected chi connectivity index (χ3v) is 6.33. The van der Waals surface area contributed by atoms with E-state index in [1.807, 2.05) is 12.1 Å². The lowest BCUT2D eigenvalue weighted by molar-refractivity contribution is -0.112. The van der Waals surface area contributed by atoms with E-state index in [0.717, 1.165) is 5.56 Å².